The van der Waals surface area contributed by atoms with Crippen molar-refractivity contribution in [3.8, 4) is 16.9 Å². The number of para-hydroxylation sites is 1. The molecule has 0 bridgehead atoms. The molecule has 0 aliphatic carbocycles. The van der Waals surface area contributed by atoms with Gasteiger partial charge >= 0.3 is 6.36 Å². The van der Waals surface area contributed by atoms with Crippen LogP contribution in [-0.4, -0.2) is 11.3 Å². The molecule has 1 aromatic heterocycles. The van der Waals surface area contributed by atoms with Gasteiger partial charge in [-0.3, -0.25) is 4.79 Å². The predicted molar refractivity (Wildman–Crippen MR) is 63.9 cm³/mol. The summed E-state index contributed by atoms with van der Waals surface area (Å²) >= 11 is 0. The van der Waals surface area contributed by atoms with E-state index in [9.17, 15) is 18.0 Å². The highest BCUT2D eigenvalue weighted by Crippen LogP contribution is 2.34. The first-order valence-electron chi connectivity index (χ1n) is 5.41. The molecular formula is C13H10F3NO2. The maximum Gasteiger partial charge on any atom is 0.573 e. The Bertz CT molecular complexity index is 647. The normalized spacial score (nSPS) is 11.4. The lowest BCUT2D eigenvalue weighted by molar-refractivity contribution is -0.274. The molecule has 19 heavy (non-hydrogen) atoms. The fraction of sp³-hybridized carbons (Fsp3) is 0.154. The molecule has 3 nitrogen and oxygen atoms in total. The number of benzene rings is 1. The largest absolute Gasteiger partial charge is 0.573 e. The highest BCUT2D eigenvalue weighted by Gasteiger charge is 2.32. The van der Waals surface area contributed by atoms with Gasteiger partial charge in [0.15, 0.2) is 0 Å². The Balaban J connectivity index is 2.53. The quantitative estimate of drug-likeness (QED) is 0.909. The lowest BCUT2D eigenvalue weighted by Crippen LogP contribution is -2.17. The molecule has 1 N–H and O–H groups in total. The van der Waals surface area contributed by atoms with Gasteiger partial charge in [-0.1, -0.05) is 18.2 Å². The number of alkyl halides is 3. The summed E-state index contributed by atoms with van der Waals surface area (Å²) in [4.78, 5) is 13.6. The molecular weight excluding hydrogens is 259 g/mol. The minimum atomic E-state index is -4.76. The van der Waals surface area contributed by atoms with Crippen LogP contribution >= 0.6 is 0 Å². The van der Waals surface area contributed by atoms with Gasteiger partial charge in [-0.25, -0.2) is 0 Å². The second-order valence-electron chi connectivity index (χ2n) is 3.94. The zero-order valence-corrected chi connectivity index (χ0v) is 9.91. The number of ether oxygens (including phenoxy) is 1. The van der Waals surface area contributed by atoms with Gasteiger partial charge in [-0.15, -0.1) is 13.2 Å². The first kappa shape index (κ1) is 13.2. The van der Waals surface area contributed by atoms with Gasteiger partial charge in [-0.2, -0.15) is 0 Å². The van der Waals surface area contributed by atoms with Crippen molar-refractivity contribution in [2.75, 3.05) is 0 Å². The van der Waals surface area contributed by atoms with Crippen LogP contribution in [0.4, 0.5) is 13.2 Å². The van der Waals surface area contributed by atoms with E-state index in [4.69, 9.17) is 0 Å². The van der Waals surface area contributed by atoms with E-state index in [0.29, 0.717) is 11.1 Å². The minimum Gasteiger partial charge on any atom is -0.405 e. The van der Waals surface area contributed by atoms with Gasteiger partial charge < -0.3 is 9.72 Å². The molecule has 0 atom stereocenters. The number of halogens is 3. The van der Waals surface area contributed by atoms with E-state index in [1.165, 1.54) is 30.5 Å². The number of aryl methyl sites for hydroxylation is 1. The highest BCUT2D eigenvalue weighted by molar-refractivity contribution is 5.72. The van der Waals surface area contributed by atoms with Crippen LogP contribution in [0, 0.1) is 6.92 Å². The van der Waals surface area contributed by atoms with Crippen LogP contribution in [0.1, 0.15) is 5.56 Å². The molecule has 2 aromatic rings. The van der Waals surface area contributed by atoms with E-state index in [0.717, 1.165) is 0 Å². The number of rotatable bonds is 2. The van der Waals surface area contributed by atoms with Crippen molar-refractivity contribution >= 4 is 0 Å². The number of hydrogen-bond donors (Lipinski definition) is 1. The van der Waals surface area contributed by atoms with Crippen LogP contribution in [0.25, 0.3) is 11.1 Å². The number of hydrogen-bond acceptors (Lipinski definition) is 2. The van der Waals surface area contributed by atoms with Crippen LogP contribution in [0.15, 0.2) is 41.3 Å². The van der Waals surface area contributed by atoms with Gasteiger partial charge in [0.05, 0.1) is 0 Å². The third-order valence-corrected chi connectivity index (χ3v) is 2.53. The second-order valence-corrected chi connectivity index (χ2v) is 3.94. The first-order chi connectivity index (χ1) is 8.87. The Morgan fingerprint density at radius 3 is 2.47 bits per heavy atom. The molecule has 0 aliphatic rings. The molecule has 0 saturated heterocycles. The molecule has 1 heterocycles. The fourth-order valence-electron chi connectivity index (χ4n) is 1.77. The Morgan fingerprint density at radius 2 is 1.84 bits per heavy atom. The Kier molecular flexibility index (Phi) is 3.33. The first-order valence-corrected chi connectivity index (χ1v) is 5.41. The summed E-state index contributed by atoms with van der Waals surface area (Å²) in [7, 11) is 0. The fourth-order valence-corrected chi connectivity index (χ4v) is 1.77. The lowest BCUT2D eigenvalue weighted by Gasteiger charge is -2.14. The maximum absolute atomic E-state index is 12.3. The van der Waals surface area contributed by atoms with Crippen LogP contribution in [0.3, 0.4) is 0 Å². The lowest BCUT2D eigenvalue weighted by atomic mass is 10.0. The van der Waals surface area contributed by atoms with E-state index in [1.807, 2.05) is 0 Å². The Labute approximate surface area is 106 Å². The molecule has 1 aromatic carbocycles. The van der Waals surface area contributed by atoms with Crippen molar-refractivity contribution in [1.82, 2.24) is 4.98 Å². The van der Waals surface area contributed by atoms with Crippen LogP contribution in [0.2, 0.25) is 0 Å². The zero-order chi connectivity index (χ0) is 14.0. The van der Waals surface area contributed by atoms with Crippen LogP contribution in [-0.2, 0) is 0 Å². The van der Waals surface area contributed by atoms with E-state index in [-0.39, 0.29) is 16.9 Å². The summed E-state index contributed by atoms with van der Waals surface area (Å²) in [6, 6.07) is 7.10. The van der Waals surface area contributed by atoms with Gasteiger partial charge in [0.1, 0.15) is 5.75 Å². The third kappa shape index (κ3) is 3.15. The summed E-state index contributed by atoms with van der Waals surface area (Å²) in [6.45, 7) is 1.65. The van der Waals surface area contributed by atoms with Crippen molar-refractivity contribution in [2.45, 2.75) is 13.3 Å². The van der Waals surface area contributed by atoms with E-state index in [1.54, 1.807) is 13.0 Å². The number of aromatic amines is 1. The van der Waals surface area contributed by atoms with Crippen molar-refractivity contribution < 1.29 is 17.9 Å². The monoisotopic (exact) mass is 269 g/mol. The SMILES string of the molecule is Cc1cc(=O)[nH]cc1-c1ccccc1OC(F)(F)F. The summed E-state index contributed by atoms with van der Waals surface area (Å²) < 4.78 is 40.9. The third-order valence-electron chi connectivity index (χ3n) is 2.53. The van der Waals surface area contributed by atoms with Crippen molar-refractivity contribution in [3.63, 3.8) is 0 Å². The van der Waals surface area contributed by atoms with Crippen LogP contribution < -0.4 is 10.3 Å². The second kappa shape index (κ2) is 4.79. The predicted octanol–water partition coefficient (Wildman–Crippen LogP) is 3.25. The average molecular weight is 269 g/mol. The van der Waals surface area contributed by atoms with Crippen LogP contribution in [0.5, 0.6) is 5.75 Å². The number of H-pyrrole nitrogens is 1. The summed E-state index contributed by atoms with van der Waals surface area (Å²) in [5, 5.41) is 0. The summed E-state index contributed by atoms with van der Waals surface area (Å²) in [5.74, 6) is -0.301. The average Bonchev–Trinajstić information content (AvgIpc) is 2.28. The number of aromatic nitrogens is 1. The van der Waals surface area contributed by atoms with Gasteiger partial charge in [-0.05, 0) is 18.6 Å². The summed E-state index contributed by atoms with van der Waals surface area (Å²) in [5.41, 5.74) is 1.02. The van der Waals surface area contributed by atoms with Crippen molar-refractivity contribution in [3.05, 3.63) is 52.4 Å². The molecule has 6 heteroatoms. The molecule has 0 radical (unpaired) electrons. The molecule has 0 amide bonds. The molecule has 100 valence electrons. The van der Waals surface area contributed by atoms with Gasteiger partial charge in [0.2, 0.25) is 5.56 Å². The molecule has 0 fully saturated rings. The van der Waals surface area contributed by atoms with E-state index >= 15 is 0 Å². The van der Waals surface area contributed by atoms with E-state index in [2.05, 4.69) is 9.72 Å². The molecule has 2 rings (SSSR count). The van der Waals surface area contributed by atoms with Gasteiger partial charge in [0.25, 0.3) is 0 Å². The maximum atomic E-state index is 12.3. The minimum absolute atomic E-state index is 0.272. The molecule has 0 unspecified atom stereocenters. The van der Waals surface area contributed by atoms with Crippen molar-refractivity contribution in [1.29, 1.82) is 0 Å². The Morgan fingerprint density at radius 1 is 1.16 bits per heavy atom. The smallest absolute Gasteiger partial charge is 0.405 e. The zero-order valence-electron chi connectivity index (χ0n) is 9.91. The van der Waals surface area contributed by atoms with E-state index < -0.39 is 6.36 Å². The van der Waals surface area contributed by atoms with Crippen molar-refractivity contribution in [2.24, 2.45) is 0 Å². The van der Waals surface area contributed by atoms with Gasteiger partial charge in [0, 0.05) is 23.4 Å². The standard InChI is InChI=1S/C13H10F3NO2/c1-8-6-12(18)17-7-10(8)9-4-2-3-5-11(9)19-13(14,15)16/h2-7H,1H3,(H,17,18). The Hall–Kier alpha value is -2.24. The molecule has 0 saturated carbocycles. The summed E-state index contributed by atoms with van der Waals surface area (Å²) in [6.07, 6.45) is -3.39. The topological polar surface area (TPSA) is 42.1 Å². The number of nitrogens with one attached hydrogen (secondary N) is 1. The number of pyridine rings is 1. The highest BCUT2D eigenvalue weighted by atomic mass is 19.4. The molecule has 0 spiro atoms. The molecule has 0 aliphatic heterocycles.